The predicted octanol–water partition coefficient (Wildman–Crippen LogP) is 3.45. The molecule has 22 heavy (non-hydrogen) atoms. The minimum atomic E-state index is -0.377. The van der Waals surface area contributed by atoms with Gasteiger partial charge >= 0.3 is 0 Å². The van der Waals surface area contributed by atoms with Gasteiger partial charge < -0.3 is 14.8 Å². The molecule has 0 aliphatic carbocycles. The van der Waals surface area contributed by atoms with Crippen LogP contribution in [0.3, 0.4) is 0 Å². The molecule has 0 amide bonds. The average Bonchev–Trinajstić information content (AvgIpc) is 3.03. The average molecular weight is 302 g/mol. The Bertz CT molecular complexity index is 615. The first kappa shape index (κ1) is 14.9. The zero-order valence-electron chi connectivity index (χ0n) is 12.5. The molecule has 1 fully saturated rings. The molecule has 0 bridgehead atoms. The molecule has 1 saturated heterocycles. The van der Waals surface area contributed by atoms with Crippen LogP contribution in [0.1, 0.15) is 24.9 Å². The first-order valence-electron chi connectivity index (χ1n) is 7.43. The molecule has 1 aromatic carbocycles. The van der Waals surface area contributed by atoms with Gasteiger partial charge in [0.05, 0.1) is 12.8 Å². The van der Waals surface area contributed by atoms with Crippen LogP contribution in [0, 0.1) is 5.82 Å². The van der Waals surface area contributed by atoms with Crippen molar-refractivity contribution in [1.82, 2.24) is 10.3 Å². The number of benzene rings is 1. The van der Waals surface area contributed by atoms with Gasteiger partial charge in [-0.1, -0.05) is 6.07 Å². The molecule has 3 rings (SSSR count). The Morgan fingerprint density at radius 1 is 1.41 bits per heavy atom. The number of ether oxygens (including phenoxy) is 2. The number of halogens is 1. The van der Waals surface area contributed by atoms with Gasteiger partial charge in [0.25, 0.3) is 0 Å². The van der Waals surface area contributed by atoms with Crippen LogP contribution in [0.5, 0.6) is 11.5 Å². The highest BCUT2D eigenvalue weighted by Crippen LogP contribution is 2.26. The summed E-state index contributed by atoms with van der Waals surface area (Å²) in [5.41, 5.74) is 0.892. The quantitative estimate of drug-likeness (QED) is 0.918. The van der Waals surface area contributed by atoms with Gasteiger partial charge in [-0.05, 0) is 43.2 Å². The molecule has 1 aliphatic heterocycles. The minimum absolute atomic E-state index is 0.0636. The third-order valence-electron chi connectivity index (χ3n) is 3.73. The second-order valence-electron chi connectivity index (χ2n) is 5.43. The fraction of sp³-hybridized carbons (Fsp3) is 0.353. The maximum atomic E-state index is 14.2. The number of pyridine rings is 1. The molecule has 0 radical (unpaired) electrons. The summed E-state index contributed by atoms with van der Waals surface area (Å²) in [6, 6.07) is 8.93. The van der Waals surface area contributed by atoms with Gasteiger partial charge in [0.2, 0.25) is 0 Å². The van der Waals surface area contributed by atoms with Crippen molar-refractivity contribution in [2.75, 3.05) is 13.2 Å². The molecule has 0 spiro atoms. The van der Waals surface area contributed by atoms with Crippen LogP contribution in [-0.4, -0.2) is 24.2 Å². The van der Waals surface area contributed by atoms with E-state index >= 15 is 0 Å². The molecule has 0 saturated carbocycles. The van der Waals surface area contributed by atoms with Crippen molar-refractivity contribution in [1.29, 1.82) is 0 Å². The van der Waals surface area contributed by atoms with Crippen molar-refractivity contribution < 1.29 is 13.9 Å². The van der Waals surface area contributed by atoms with Gasteiger partial charge in [-0.2, -0.15) is 0 Å². The molecule has 5 heteroatoms. The van der Waals surface area contributed by atoms with Crippen molar-refractivity contribution in [3.8, 4) is 11.5 Å². The zero-order chi connectivity index (χ0) is 15.4. The second-order valence-corrected chi connectivity index (χ2v) is 5.43. The van der Waals surface area contributed by atoms with E-state index in [9.17, 15) is 4.39 Å². The third kappa shape index (κ3) is 3.61. The maximum Gasteiger partial charge on any atom is 0.166 e. The molecule has 1 N–H and O–H groups in total. The van der Waals surface area contributed by atoms with Crippen molar-refractivity contribution in [3.63, 3.8) is 0 Å². The van der Waals surface area contributed by atoms with Crippen LogP contribution in [0.15, 0.2) is 42.7 Å². The van der Waals surface area contributed by atoms with Crippen LogP contribution in [-0.2, 0) is 4.74 Å². The van der Waals surface area contributed by atoms with Gasteiger partial charge in [-0.3, -0.25) is 4.98 Å². The lowest BCUT2D eigenvalue weighted by molar-refractivity contribution is 0.188. The monoisotopic (exact) mass is 302 g/mol. The third-order valence-corrected chi connectivity index (χ3v) is 3.73. The molecule has 4 nitrogen and oxygen atoms in total. The number of rotatable bonds is 5. The summed E-state index contributed by atoms with van der Waals surface area (Å²) in [6.07, 6.45) is 4.19. The highest BCUT2D eigenvalue weighted by atomic mass is 19.1. The predicted molar refractivity (Wildman–Crippen MR) is 81.5 cm³/mol. The van der Waals surface area contributed by atoms with Crippen LogP contribution in [0.4, 0.5) is 4.39 Å². The summed E-state index contributed by atoms with van der Waals surface area (Å²) >= 11 is 0. The zero-order valence-corrected chi connectivity index (χ0v) is 12.5. The molecule has 0 unspecified atom stereocenters. The lowest BCUT2D eigenvalue weighted by atomic mass is 10.1. The molecular formula is C17H19FN2O2. The Balaban J connectivity index is 1.68. The summed E-state index contributed by atoms with van der Waals surface area (Å²) in [6.45, 7) is 3.53. The van der Waals surface area contributed by atoms with Crippen molar-refractivity contribution in [2.45, 2.75) is 25.4 Å². The van der Waals surface area contributed by atoms with Crippen molar-refractivity contribution >= 4 is 0 Å². The smallest absolute Gasteiger partial charge is 0.166 e. The van der Waals surface area contributed by atoms with Crippen LogP contribution in [0.25, 0.3) is 0 Å². The van der Waals surface area contributed by atoms with E-state index in [1.807, 2.05) is 13.0 Å². The van der Waals surface area contributed by atoms with Gasteiger partial charge in [0.15, 0.2) is 11.6 Å². The molecule has 2 atom stereocenters. The second kappa shape index (κ2) is 6.85. The standard InChI is InChI=1S/C17H19FN2O2/c1-12(20-14-6-8-21-11-14)13-4-5-17(16(18)9-13)22-15-3-2-7-19-10-15/h2-5,7,9-10,12,14,20H,6,8,11H2,1H3/t12-,14+/m0/s1. The van der Waals surface area contributed by atoms with Crippen LogP contribution >= 0.6 is 0 Å². The highest BCUT2D eigenvalue weighted by Gasteiger charge is 2.19. The Morgan fingerprint density at radius 3 is 3.00 bits per heavy atom. The number of hydrogen-bond acceptors (Lipinski definition) is 4. The van der Waals surface area contributed by atoms with E-state index in [4.69, 9.17) is 9.47 Å². The number of nitrogens with one attached hydrogen (secondary N) is 1. The maximum absolute atomic E-state index is 14.2. The number of aromatic nitrogens is 1. The molecule has 1 aromatic heterocycles. The van der Waals surface area contributed by atoms with Crippen LogP contribution in [0.2, 0.25) is 0 Å². The van der Waals surface area contributed by atoms with E-state index in [1.165, 1.54) is 6.07 Å². The van der Waals surface area contributed by atoms with E-state index in [2.05, 4.69) is 10.3 Å². The summed E-state index contributed by atoms with van der Waals surface area (Å²) in [5, 5.41) is 3.45. The number of nitrogens with zero attached hydrogens (tertiary/aromatic N) is 1. The van der Waals surface area contributed by atoms with E-state index in [0.717, 1.165) is 25.2 Å². The SMILES string of the molecule is C[C@H](N[C@@H]1CCOC1)c1ccc(Oc2cccnc2)c(F)c1. The first-order valence-corrected chi connectivity index (χ1v) is 7.43. The summed E-state index contributed by atoms with van der Waals surface area (Å²) in [4.78, 5) is 3.94. The summed E-state index contributed by atoms with van der Waals surface area (Å²) in [7, 11) is 0. The Hall–Kier alpha value is -1.98. The summed E-state index contributed by atoms with van der Waals surface area (Å²) in [5.74, 6) is 0.342. The van der Waals surface area contributed by atoms with Gasteiger partial charge in [0, 0.05) is 24.9 Å². The Morgan fingerprint density at radius 2 is 2.32 bits per heavy atom. The van der Waals surface area contributed by atoms with E-state index < -0.39 is 0 Å². The van der Waals surface area contributed by atoms with Gasteiger partial charge in [-0.25, -0.2) is 4.39 Å². The Labute approximate surface area is 129 Å². The molecule has 116 valence electrons. The lowest BCUT2D eigenvalue weighted by Crippen LogP contribution is -2.31. The van der Waals surface area contributed by atoms with E-state index in [-0.39, 0.29) is 17.6 Å². The summed E-state index contributed by atoms with van der Waals surface area (Å²) < 4.78 is 25.1. The van der Waals surface area contributed by atoms with E-state index in [0.29, 0.717) is 11.8 Å². The molecule has 1 aliphatic rings. The van der Waals surface area contributed by atoms with Crippen LogP contribution < -0.4 is 10.1 Å². The largest absolute Gasteiger partial charge is 0.453 e. The first-order chi connectivity index (χ1) is 10.7. The highest BCUT2D eigenvalue weighted by molar-refractivity contribution is 5.34. The topological polar surface area (TPSA) is 43.4 Å². The molecular weight excluding hydrogens is 283 g/mol. The van der Waals surface area contributed by atoms with Gasteiger partial charge in [0.1, 0.15) is 5.75 Å². The Kier molecular flexibility index (Phi) is 4.65. The lowest BCUT2D eigenvalue weighted by Gasteiger charge is -2.19. The fourth-order valence-corrected chi connectivity index (χ4v) is 2.52. The van der Waals surface area contributed by atoms with E-state index in [1.54, 1.807) is 30.6 Å². The fourth-order valence-electron chi connectivity index (χ4n) is 2.52. The van der Waals surface area contributed by atoms with Gasteiger partial charge in [-0.15, -0.1) is 0 Å². The van der Waals surface area contributed by atoms with Crippen molar-refractivity contribution in [3.05, 3.63) is 54.1 Å². The number of hydrogen-bond donors (Lipinski definition) is 1. The normalized spacial score (nSPS) is 19.1. The minimum Gasteiger partial charge on any atom is -0.453 e. The molecule has 2 heterocycles. The molecule has 2 aromatic rings. The van der Waals surface area contributed by atoms with Crippen molar-refractivity contribution in [2.24, 2.45) is 0 Å².